The van der Waals surface area contributed by atoms with Gasteiger partial charge in [-0.25, -0.2) is 0 Å². The lowest BCUT2D eigenvalue weighted by atomic mass is 10.1. The molecule has 0 fully saturated rings. The molecule has 1 aliphatic heterocycles. The van der Waals surface area contributed by atoms with Crippen LogP contribution in [0.5, 0.6) is 0 Å². The molecule has 58 valence electrons. The molecule has 1 aliphatic carbocycles. The molecule has 0 bridgehead atoms. The van der Waals surface area contributed by atoms with Gasteiger partial charge in [-0.2, -0.15) is 0 Å². The minimum Gasteiger partial charge on any atom is -0.288 e. The lowest BCUT2D eigenvalue weighted by Gasteiger charge is -2.00. The summed E-state index contributed by atoms with van der Waals surface area (Å²) in [6, 6.07) is 0. The molecule has 2 heteroatoms. The predicted octanol–water partition coefficient (Wildman–Crippen LogP) is 2.15. The molecule has 0 spiro atoms. The third-order valence-corrected chi connectivity index (χ3v) is 3.58. The largest absolute Gasteiger partial charge is 0.288 e. The van der Waals surface area contributed by atoms with Crippen molar-refractivity contribution in [2.45, 2.75) is 13.8 Å². The van der Waals surface area contributed by atoms with E-state index in [2.05, 4.69) is 6.92 Å². The monoisotopic (exact) mass is 166 g/mol. The van der Waals surface area contributed by atoms with Crippen LogP contribution in [0.15, 0.2) is 22.1 Å². The van der Waals surface area contributed by atoms with E-state index in [-0.39, 0.29) is 5.78 Å². The van der Waals surface area contributed by atoms with E-state index >= 15 is 0 Å². The lowest BCUT2D eigenvalue weighted by molar-refractivity contribution is -0.111. The van der Waals surface area contributed by atoms with Crippen LogP contribution in [0.1, 0.15) is 13.8 Å². The van der Waals surface area contributed by atoms with Crippen molar-refractivity contribution in [1.29, 1.82) is 0 Å². The van der Waals surface area contributed by atoms with Gasteiger partial charge in [0.2, 0.25) is 0 Å². The van der Waals surface area contributed by atoms with Crippen molar-refractivity contribution in [1.82, 2.24) is 0 Å². The molecule has 0 radical (unpaired) electrons. The third-order valence-electron chi connectivity index (χ3n) is 2.21. The molecular formula is C9H10OS. The minimum absolute atomic E-state index is 0.259. The summed E-state index contributed by atoms with van der Waals surface area (Å²) in [7, 11) is 0. The van der Waals surface area contributed by atoms with E-state index in [0.29, 0.717) is 5.92 Å². The Morgan fingerprint density at radius 1 is 1.64 bits per heavy atom. The van der Waals surface area contributed by atoms with Crippen molar-refractivity contribution in [2.24, 2.45) is 5.92 Å². The van der Waals surface area contributed by atoms with Crippen LogP contribution in [-0.2, 0) is 4.79 Å². The number of hydrogen-bond acceptors (Lipinski definition) is 2. The van der Waals surface area contributed by atoms with Crippen LogP contribution in [0.4, 0.5) is 0 Å². The lowest BCUT2D eigenvalue weighted by Crippen LogP contribution is -1.95. The Labute approximate surface area is 70.6 Å². The zero-order valence-corrected chi connectivity index (χ0v) is 7.49. The average molecular weight is 166 g/mol. The topological polar surface area (TPSA) is 17.1 Å². The summed E-state index contributed by atoms with van der Waals surface area (Å²) in [4.78, 5) is 12.4. The molecule has 1 unspecified atom stereocenters. The summed E-state index contributed by atoms with van der Waals surface area (Å²) in [5.41, 5.74) is 2.19. The standard InChI is InChI=1S/C9H10OS/c1-5-3-7-6(2)4-11-9(7)8(5)10/h3,6H,4H2,1-2H3. The van der Waals surface area contributed by atoms with Crippen LogP contribution in [0.2, 0.25) is 0 Å². The molecule has 1 heterocycles. The van der Waals surface area contributed by atoms with Gasteiger partial charge >= 0.3 is 0 Å². The fourth-order valence-corrected chi connectivity index (χ4v) is 2.80. The Kier molecular flexibility index (Phi) is 1.46. The first-order chi connectivity index (χ1) is 5.20. The molecular weight excluding hydrogens is 156 g/mol. The molecule has 1 nitrogen and oxygen atoms in total. The molecule has 0 aromatic heterocycles. The summed E-state index contributed by atoms with van der Waals surface area (Å²) in [5, 5.41) is 0. The van der Waals surface area contributed by atoms with Crippen LogP contribution < -0.4 is 0 Å². The highest BCUT2D eigenvalue weighted by atomic mass is 32.2. The zero-order chi connectivity index (χ0) is 8.01. The molecule has 1 atom stereocenters. The number of ketones is 1. The molecule has 0 saturated carbocycles. The molecule has 0 aromatic carbocycles. The quantitative estimate of drug-likeness (QED) is 0.548. The Hall–Kier alpha value is -0.500. The second-order valence-corrected chi connectivity index (χ2v) is 4.18. The highest BCUT2D eigenvalue weighted by Crippen LogP contribution is 2.42. The maximum atomic E-state index is 11.4. The molecule has 0 aromatic rings. The SMILES string of the molecule is CC1=CC2=C(SCC2C)C1=O. The minimum atomic E-state index is 0.259. The summed E-state index contributed by atoms with van der Waals surface area (Å²) in [5.74, 6) is 1.92. The van der Waals surface area contributed by atoms with Gasteiger partial charge in [-0.1, -0.05) is 13.0 Å². The number of Topliss-reactive ketones (excluding diaryl/α,β-unsaturated/α-hetero) is 1. The van der Waals surface area contributed by atoms with Gasteiger partial charge < -0.3 is 0 Å². The van der Waals surface area contributed by atoms with Gasteiger partial charge in [0.25, 0.3) is 0 Å². The van der Waals surface area contributed by atoms with E-state index < -0.39 is 0 Å². The van der Waals surface area contributed by atoms with Gasteiger partial charge in [0, 0.05) is 5.75 Å². The molecule has 0 amide bonds. The number of carbonyl (C=O) groups excluding carboxylic acids is 1. The number of hydrogen-bond donors (Lipinski definition) is 0. The second kappa shape index (κ2) is 2.24. The van der Waals surface area contributed by atoms with Crippen LogP contribution in [0.25, 0.3) is 0 Å². The van der Waals surface area contributed by atoms with Crippen LogP contribution >= 0.6 is 11.8 Å². The summed E-state index contributed by atoms with van der Waals surface area (Å²) >= 11 is 1.71. The van der Waals surface area contributed by atoms with Gasteiger partial charge in [0.15, 0.2) is 5.78 Å². The Morgan fingerprint density at radius 3 is 3.00 bits per heavy atom. The number of allylic oxidation sites excluding steroid dienone is 4. The van der Waals surface area contributed by atoms with Gasteiger partial charge in [-0.3, -0.25) is 4.79 Å². The Balaban J connectivity index is 2.44. The highest BCUT2D eigenvalue weighted by molar-refractivity contribution is 8.04. The second-order valence-electron chi connectivity index (χ2n) is 3.15. The van der Waals surface area contributed by atoms with Gasteiger partial charge in [0.05, 0.1) is 4.91 Å². The normalized spacial score (nSPS) is 29.5. The van der Waals surface area contributed by atoms with Crippen molar-refractivity contribution in [2.75, 3.05) is 5.75 Å². The van der Waals surface area contributed by atoms with Crippen molar-refractivity contribution in [3.63, 3.8) is 0 Å². The first-order valence-electron chi connectivity index (χ1n) is 3.80. The number of carbonyl (C=O) groups is 1. The average Bonchev–Trinajstić information content (AvgIpc) is 2.43. The summed E-state index contributed by atoms with van der Waals surface area (Å²) in [6.45, 7) is 4.08. The predicted molar refractivity (Wildman–Crippen MR) is 47.4 cm³/mol. The fraction of sp³-hybridized carbons (Fsp3) is 0.444. The van der Waals surface area contributed by atoms with Crippen LogP contribution in [0, 0.1) is 5.92 Å². The van der Waals surface area contributed by atoms with Crippen LogP contribution in [-0.4, -0.2) is 11.5 Å². The van der Waals surface area contributed by atoms with Gasteiger partial charge in [0.1, 0.15) is 0 Å². The maximum absolute atomic E-state index is 11.4. The van der Waals surface area contributed by atoms with Crippen molar-refractivity contribution in [3.05, 3.63) is 22.1 Å². The van der Waals surface area contributed by atoms with Gasteiger partial charge in [-0.05, 0) is 24.0 Å². The molecule has 0 N–H and O–H groups in total. The Bertz CT molecular complexity index is 286. The van der Waals surface area contributed by atoms with Gasteiger partial charge in [-0.15, -0.1) is 11.8 Å². The van der Waals surface area contributed by atoms with Crippen molar-refractivity contribution >= 4 is 17.5 Å². The zero-order valence-electron chi connectivity index (χ0n) is 6.68. The molecule has 2 aliphatic rings. The molecule has 2 rings (SSSR count). The Morgan fingerprint density at radius 2 is 2.36 bits per heavy atom. The maximum Gasteiger partial charge on any atom is 0.195 e. The first kappa shape index (κ1) is 7.17. The molecule has 0 saturated heterocycles. The van der Waals surface area contributed by atoms with E-state index in [1.807, 2.05) is 13.0 Å². The van der Waals surface area contributed by atoms with E-state index in [1.54, 1.807) is 11.8 Å². The number of rotatable bonds is 0. The third kappa shape index (κ3) is 0.890. The van der Waals surface area contributed by atoms with E-state index in [9.17, 15) is 4.79 Å². The van der Waals surface area contributed by atoms with E-state index in [0.717, 1.165) is 16.2 Å². The molecule has 11 heavy (non-hydrogen) atoms. The first-order valence-corrected chi connectivity index (χ1v) is 4.78. The van der Waals surface area contributed by atoms with Crippen molar-refractivity contribution in [3.8, 4) is 0 Å². The summed E-state index contributed by atoms with van der Waals surface area (Å²) < 4.78 is 0. The highest BCUT2D eigenvalue weighted by Gasteiger charge is 2.31. The summed E-state index contributed by atoms with van der Waals surface area (Å²) in [6.07, 6.45) is 2.04. The van der Waals surface area contributed by atoms with Crippen LogP contribution in [0.3, 0.4) is 0 Å². The number of thioether (sulfide) groups is 1. The van der Waals surface area contributed by atoms with E-state index in [1.165, 1.54) is 5.57 Å². The fourth-order valence-electron chi connectivity index (χ4n) is 1.49. The van der Waals surface area contributed by atoms with E-state index in [4.69, 9.17) is 0 Å². The van der Waals surface area contributed by atoms with Crippen molar-refractivity contribution < 1.29 is 4.79 Å². The smallest absolute Gasteiger partial charge is 0.195 e.